The molecule has 1 aromatic carbocycles. The van der Waals surface area contributed by atoms with Crippen molar-refractivity contribution in [3.63, 3.8) is 0 Å². The fourth-order valence-electron chi connectivity index (χ4n) is 3.26. The summed E-state index contributed by atoms with van der Waals surface area (Å²) in [6.07, 6.45) is 3.17. The monoisotopic (exact) mass is 337 g/mol. The molecule has 1 heterocycles. The standard InChI is InChI=1S/C19H28ClNO2/c1-18(2,3)23-17(22)16(13-8-6-9-14(20)12-13)15-10-7-11-19(4,5)21-15/h6,8-9,12,15-16,21H,7,10-11H2,1-5H3/t15-,16?/m1/s1. The van der Waals surface area contributed by atoms with Gasteiger partial charge in [0, 0.05) is 16.6 Å². The largest absolute Gasteiger partial charge is 0.459 e. The van der Waals surface area contributed by atoms with Crippen molar-refractivity contribution in [3.8, 4) is 0 Å². The molecule has 128 valence electrons. The van der Waals surface area contributed by atoms with Crippen LogP contribution in [0, 0.1) is 0 Å². The number of piperidine rings is 1. The zero-order valence-electron chi connectivity index (χ0n) is 14.8. The lowest BCUT2D eigenvalue weighted by molar-refractivity contribution is -0.158. The van der Waals surface area contributed by atoms with Gasteiger partial charge in [0.05, 0.1) is 5.92 Å². The van der Waals surface area contributed by atoms with Crippen molar-refractivity contribution in [1.29, 1.82) is 0 Å². The first-order chi connectivity index (χ1) is 10.6. The van der Waals surface area contributed by atoms with Gasteiger partial charge in [-0.05, 0) is 65.2 Å². The zero-order chi connectivity index (χ0) is 17.3. The summed E-state index contributed by atoms with van der Waals surface area (Å²) in [5.74, 6) is -0.525. The molecule has 1 unspecified atom stereocenters. The number of ether oxygens (including phenoxy) is 1. The fourth-order valence-corrected chi connectivity index (χ4v) is 3.46. The third-order valence-electron chi connectivity index (χ3n) is 4.16. The Morgan fingerprint density at radius 1 is 1.39 bits per heavy atom. The molecule has 0 radical (unpaired) electrons. The molecule has 1 aliphatic rings. The zero-order valence-corrected chi connectivity index (χ0v) is 15.5. The van der Waals surface area contributed by atoms with E-state index in [0.29, 0.717) is 5.02 Å². The SMILES string of the molecule is CC1(C)CCC[C@H](C(C(=O)OC(C)(C)C)c2cccc(Cl)c2)N1. The summed E-state index contributed by atoms with van der Waals surface area (Å²) >= 11 is 6.15. The van der Waals surface area contributed by atoms with Crippen LogP contribution in [0.5, 0.6) is 0 Å². The van der Waals surface area contributed by atoms with Crippen molar-refractivity contribution in [3.05, 3.63) is 34.9 Å². The number of carbonyl (C=O) groups is 1. The van der Waals surface area contributed by atoms with Gasteiger partial charge in [-0.15, -0.1) is 0 Å². The Kier molecular flexibility index (Phi) is 5.42. The summed E-state index contributed by atoms with van der Waals surface area (Å²) in [6, 6.07) is 7.62. The van der Waals surface area contributed by atoms with Gasteiger partial charge in [0.2, 0.25) is 0 Å². The Balaban J connectivity index is 2.33. The first-order valence-electron chi connectivity index (χ1n) is 8.33. The molecular formula is C19H28ClNO2. The third kappa shape index (κ3) is 5.22. The smallest absolute Gasteiger partial charge is 0.315 e. The van der Waals surface area contributed by atoms with Crippen LogP contribution >= 0.6 is 11.6 Å². The molecule has 23 heavy (non-hydrogen) atoms. The van der Waals surface area contributed by atoms with Crippen LogP contribution in [0.25, 0.3) is 0 Å². The molecule has 1 N–H and O–H groups in total. The lowest BCUT2D eigenvalue weighted by atomic mass is 9.81. The first-order valence-corrected chi connectivity index (χ1v) is 8.71. The van der Waals surface area contributed by atoms with Crippen LogP contribution in [0.3, 0.4) is 0 Å². The maximum Gasteiger partial charge on any atom is 0.315 e. The van der Waals surface area contributed by atoms with Crippen LogP contribution in [0.2, 0.25) is 5.02 Å². The Morgan fingerprint density at radius 2 is 2.09 bits per heavy atom. The van der Waals surface area contributed by atoms with E-state index in [-0.39, 0.29) is 23.5 Å². The summed E-state index contributed by atoms with van der Waals surface area (Å²) in [4.78, 5) is 12.9. The summed E-state index contributed by atoms with van der Waals surface area (Å²) in [7, 11) is 0. The van der Waals surface area contributed by atoms with Gasteiger partial charge in [0.15, 0.2) is 0 Å². The van der Waals surface area contributed by atoms with Crippen LogP contribution in [-0.2, 0) is 9.53 Å². The van der Waals surface area contributed by atoms with Gasteiger partial charge in [-0.2, -0.15) is 0 Å². The highest BCUT2D eigenvalue weighted by atomic mass is 35.5. The molecule has 1 aromatic rings. The number of nitrogens with one attached hydrogen (secondary N) is 1. The first kappa shape index (κ1) is 18.3. The van der Waals surface area contributed by atoms with Crippen LogP contribution in [0.1, 0.15) is 65.4 Å². The second-order valence-corrected chi connectivity index (χ2v) is 8.53. The number of rotatable bonds is 3. The van der Waals surface area contributed by atoms with Crippen LogP contribution in [0.4, 0.5) is 0 Å². The number of esters is 1. The van der Waals surface area contributed by atoms with Gasteiger partial charge in [-0.1, -0.05) is 30.2 Å². The Labute approximate surface area is 144 Å². The molecular weight excluding hydrogens is 310 g/mol. The topological polar surface area (TPSA) is 38.3 Å². The molecule has 1 fully saturated rings. The van der Waals surface area contributed by atoms with Gasteiger partial charge in [-0.3, -0.25) is 4.79 Å². The van der Waals surface area contributed by atoms with Crippen LogP contribution in [-0.4, -0.2) is 23.2 Å². The number of carbonyl (C=O) groups excluding carboxylic acids is 1. The average molecular weight is 338 g/mol. The molecule has 0 bridgehead atoms. The van der Waals surface area contributed by atoms with Crippen LogP contribution in [0.15, 0.2) is 24.3 Å². The highest BCUT2D eigenvalue weighted by Gasteiger charge is 2.38. The third-order valence-corrected chi connectivity index (χ3v) is 4.40. The van der Waals surface area contributed by atoms with E-state index in [1.165, 1.54) is 0 Å². The molecule has 1 aliphatic heterocycles. The van der Waals surface area contributed by atoms with E-state index in [1.54, 1.807) is 0 Å². The quantitative estimate of drug-likeness (QED) is 0.813. The van der Waals surface area contributed by atoms with Crippen molar-refractivity contribution < 1.29 is 9.53 Å². The maximum absolute atomic E-state index is 12.9. The Morgan fingerprint density at radius 3 is 2.65 bits per heavy atom. The predicted octanol–water partition coefficient (Wildman–Crippen LogP) is 4.69. The fraction of sp³-hybridized carbons (Fsp3) is 0.632. The predicted molar refractivity (Wildman–Crippen MR) is 94.9 cm³/mol. The molecule has 4 heteroatoms. The van der Waals surface area contributed by atoms with E-state index in [2.05, 4.69) is 19.2 Å². The van der Waals surface area contributed by atoms with E-state index in [0.717, 1.165) is 24.8 Å². The normalized spacial score (nSPS) is 22.4. The van der Waals surface area contributed by atoms with Crippen molar-refractivity contribution in [1.82, 2.24) is 5.32 Å². The molecule has 0 aliphatic carbocycles. The van der Waals surface area contributed by atoms with Gasteiger partial charge in [-0.25, -0.2) is 0 Å². The van der Waals surface area contributed by atoms with Gasteiger partial charge >= 0.3 is 5.97 Å². The minimum absolute atomic E-state index is 0.0295. The molecule has 0 saturated carbocycles. The Hall–Kier alpha value is -1.06. The van der Waals surface area contributed by atoms with Crippen LogP contribution < -0.4 is 5.32 Å². The van der Waals surface area contributed by atoms with Gasteiger partial charge in [0.25, 0.3) is 0 Å². The molecule has 1 saturated heterocycles. The van der Waals surface area contributed by atoms with E-state index < -0.39 is 5.60 Å². The summed E-state index contributed by atoms with van der Waals surface area (Å²) in [5.41, 5.74) is 0.446. The number of hydrogen-bond acceptors (Lipinski definition) is 3. The molecule has 2 rings (SSSR count). The summed E-state index contributed by atoms with van der Waals surface area (Å²) in [6.45, 7) is 10.1. The van der Waals surface area contributed by atoms with Crippen molar-refractivity contribution in [2.75, 3.05) is 0 Å². The molecule has 2 atom stereocenters. The average Bonchev–Trinajstić information content (AvgIpc) is 2.35. The van der Waals surface area contributed by atoms with E-state index in [1.807, 2.05) is 45.0 Å². The minimum atomic E-state index is -0.502. The molecule has 0 amide bonds. The van der Waals surface area contributed by atoms with E-state index >= 15 is 0 Å². The minimum Gasteiger partial charge on any atom is -0.459 e. The second kappa shape index (κ2) is 6.82. The van der Waals surface area contributed by atoms with Crippen molar-refractivity contribution >= 4 is 17.6 Å². The summed E-state index contributed by atoms with van der Waals surface area (Å²) < 4.78 is 5.69. The lowest BCUT2D eigenvalue weighted by Crippen LogP contribution is -2.53. The van der Waals surface area contributed by atoms with Crippen molar-refractivity contribution in [2.24, 2.45) is 0 Å². The van der Waals surface area contributed by atoms with Gasteiger partial charge in [0.1, 0.15) is 5.60 Å². The van der Waals surface area contributed by atoms with E-state index in [9.17, 15) is 4.79 Å². The Bertz CT molecular complexity index is 563. The van der Waals surface area contributed by atoms with Gasteiger partial charge < -0.3 is 10.1 Å². The molecule has 0 aromatic heterocycles. The highest BCUT2D eigenvalue weighted by molar-refractivity contribution is 6.30. The summed E-state index contributed by atoms with van der Waals surface area (Å²) in [5, 5.41) is 4.28. The maximum atomic E-state index is 12.9. The van der Waals surface area contributed by atoms with E-state index in [4.69, 9.17) is 16.3 Å². The molecule has 3 nitrogen and oxygen atoms in total. The number of hydrogen-bond donors (Lipinski definition) is 1. The van der Waals surface area contributed by atoms with Crippen molar-refractivity contribution in [2.45, 2.75) is 77.0 Å². The highest BCUT2D eigenvalue weighted by Crippen LogP contribution is 2.33. The second-order valence-electron chi connectivity index (χ2n) is 8.09. The molecule has 0 spiro atoms. The lowest BCUT2D eigenvalue weighted by Gasteiger charge is -2.40. The number of benzene rings is 1. The number of halogens is 1.